The van der Waals surface area contributed by atoms with Crippen LogP contribution in [0.2, 0.25) is 0 Å². The fourth-order valence-electron chi connectivity index (χ4n) is 0.964. The van der Waals surface area contributed by atoms with Gasteiger partial charge in [0.15, 0.2) is 0 Å². The smallest absolute Gasteiger partial charge is 0.116 e. The lowest BCUT2D eigenvalue weighted by molar-refractivity contribution is -0.106. The minimum atomic E-state index is 0. The van der Waals surface area contributed by atoms with Gasteiger partial charge in [-0.3, -0.25) is 0 Å². The highest BCUT2D eigenvalue weighted by atomic mass is 16.1. The molecule has 0 fully saturated rings. The number of carbonyl (C=O) groups is 1. The van der Waals surface area contributed by atoms with Gasteiger partial charge < -0.3 is 15.6 Å². The Balaban J connectivity index is -0.000000191. The SMILES string of the molecule is CC=O.CCNCC.CCc1ccccc1.O. The maximum atomic E-state index is 8.81. The molecule has 1 aromatic rings. The number of benzene rings is 1. The van der Waals surface area contributed by atoms with Gasteiger partial charge in [-0.15, -0.1) is 0 Å². The Hall–Kier alpha value is -1.19. The van der Waals surface area contributed by atoms with Crippen LogP contribution in [-0.2, 0) is 11.2 Å². The molecule has 3 N–H and O–H groups in total. The topological polar surface area (TPSA) is 60.6 Å². The van der Waals surface area contributed by atoms with Crippen molar-refractivity contribution in [1.29, 1.82) is 0 Å². The molecule has 0 bridgehead atoms. The highest BCUT2D eigenvalue weighted by Gasteiger charge is 1.79. The van der Waals surface area contributed by atoms with Crippen LogP contribution in [0.3, 0.4) is 0 Å². The van der Waals surface area contributed by atoms with E-state index >= 15 is 0 Å². The number of rotatable bonds is 3. The lowest BCUT2D eigenvalue weighted by atomic mass is 10.2. The Morgan fingerprint density at radius 3 is 1.65 bits per heavy atom. The summed E-state index contributed by atoms with van der Waals surface area (Å²) in [5.74, 6) is 0. The molecule has 100 valence electrons. The van der Waals surface area contributed by atoms with Crippen molar-refractivity contribution in [2.45, 2.75) is 34.1 Å². The van der Waals surface area contributed by atoms with Crippen molar-refractivity contribution in [2.24, 2.45) is 0 Å². The highest BCUT2D eigenvalue weighted by Crippen LogP contribution is 1.96. The molecule has 0 aromatic heterocycles. The molecule has 1 aromatic carbocycles. The second-order valence-corrected chi connectivity index (χ2v) is 3.03. The Morgan fingerprint density at radius 2 is 1.47 bits per heavy atom. The van der Waals surface area contributed by atoms with E-state index in [0.29, 0.717) is 0 Å². The van der Waals surface area contributed by atoms with Crippen LogP contribution in [0, 0.1) is 0 Å². The molecule has 0 aliphatic heterocycles. The van der Waals surface area contributed by atoms with Crippen LogP contribution in [0.15, 0.2) is 30.3 Å². The first kappa shape index (κ1) is 21.1. The Labute approximate surface area is 106 Å². The summed E-state index contributed by atoms with van der Waals surface area (Å²) in [6.45, 7) is 10.00. The van der Waals surface area contributed by atoms with E-state index in [0.717, 1.165) is 25.8 Å². The molecule has 0 atom stereocenters. The third kappa shape index (κ3) is 20.8. The second kappa shape index (κ2) is 20.3. The zero-order valence-corrected chi connectivity index (χ0v) is 11.5. The molecule has 1 rings (SSSR count). The van der Waals surface area contributed by atoms with E-state index in [1.807, 2.05) is 6.07 Å². The molecule has 0 amide bonds. The summed E-state index contributed by atoms with van der Waals surface area (Å²) in [5.41, 5.74) is 1.41. The lowest BCUT2D eigenvalue weighted by Gasteiger charge is -1.89. The summed E-state index contributed by atoms with van der Waals surface area (Å²) in [5, 5.41) is 3.11. The molecule has 17 heavy (non-hydrogen) atoms. The van der Waals surface area contributed by atoms with Gasteiger partial charge in [0.25, 0.3) is 0 Å². The van der Waals surface area contributed by atoms with E-state index in [-0.39, 0.29) is 5.48 Å². The summed E-state index contributed by atoms with van der Waals surface area (Å²) >= 11 is 0. The molecule has 0 aliphatic carbocycles. The fourth-order valence-corrected chi connectivity index (χ4v) is 0.964. The largest absolute Gasteiger partial charge is 0.412 e. The first-order valence-electron chi connectivity index (χ1n) is 5.91. The molecule has 0 radical (unpaired) electrons. The Morgan fingerprint density at radius 1 is 1.06 bits per heavy atom. The van der Waals surface area contributed by atoms with Gasteiger partial charge in [0.05, 0.1) is 0 Å². The van der Waals surface area contributed by atoms with E-state index in [1.165, 1.54) is 12.5 Å². The van der Waals surface area contributed by atoms with Crippen molar-refractivity contribution in [3.05, 3.63) is 35.9 Å². The van der Waals surface area contributed by atoms with Gasteiger partial charge in [0.2, 0.25) is 0 Å². The molecular weight excluding hydrogens is 214 g/mol. The summed E-state index contributed by atoms with van der Waals surface area (Å²) in [6, 6.07) is 10.5. The molecule has 0 unspecified atom stereocenters. The molecule has 0 heterocycles. The zero-order chi connectivity index (χ0) is 12.6. The highest BCUT2D eigenvalue weighted by molar-refractivity contribution is 5.44. The average Bonchev–Trinajstić information content (AvgIpc) is 2.33. The van der Waals surface area contributed by atoms with Crippen LogP contribution < -0.4 is 5.32 Å². The third-order valence-electron chi connectivity index (χ3n) is 1.75. The van der Waals surface area contributed by atoms with Gasteiger partial charge in [-0.05, 0) is 32.0 Å². The van der Waals surface area contributed by atoms with Crippen LogP contribution >= 0.6 is 0 Å². The number of hydrogen-bond acceptors (Lipinski definition) is 2. The molecule has 0 saturated carbocycles. The van der Waals surface area contributed by atoms with Crippen molar-refractivity contribution >= 4 is 6.29 Å². The van der Waals surface area contributed by atoms with Crippen LogP contribution in [0.1, 0.15) is 33.3 Å². The van der Waals surface area contributed by atoms with E-state index in [2.05, 4.69) is 50.4 Å². The molecule has 0 aliphatic rings. The summed E-state index contributed by atoms with van der Waals surface area (Å²) in [7, 11) is 0. The summed E-state index contributed by atoms with van der Waals surface area (Å²) < 4.78 is 0. The number of hydrogen-bond donors (Lipinski definition) is 1. The molecule has 3 heteroatoms. The van der Waals surface area contributed by atoms with Crippen LogP contribution in [0.5, 0.6) is 0 Å². The molecule has 0 saturated heterocycles. The molecule has 3 nitrogen and oxygen atoms in total. The summed E-state index contributed by atoms with van der Waals surface area (Å²) in [6.07, 6.45) is 1.89. The maximum absolute atomic E-state index is 8.81. The van der Waals surface area contributed by atoms with Gasteiger partial charge in [-0.25, -0.2) is 0 Å². The lowest BCUT2D eigenvalue weighted by Crippen LogP contribution is -2.09. The average molecular weight is 241 g/mol. The number of aldehydes is 1. The van der Waals surface area contributed by atoms with Gasteiger partial charge in [0, 0.05) is 0 Å². The van der Waals surface area contributed by atoms with Crippen molar-refractivity contribution in [3.63, 3.8) is 0 Å². The number of carbonyl (C=O) groups excluding carboxylic acids is 1. The van der Waals surface area contributed by atoms with Crippen molar-refractivity contribution in [3.8, 4) is 0 Å². The van der Waals surface area contributed by atoms with Crippen molar-refractivity contribution in [1.82, 2.24) is 5.32 Å². The summed E-state index contributed by atoms with van der Waals surface area (Å²) in [4.78, 5) is 8.81. The molecular formula is C14H27NO2. The normalized spacial score (nSPS) is 7.53. The minimum absolute atomic E-state index is 0. The van der Waals surface area contributed by atoms with Gasteiger partial charge in [-0.1, -0.05) is 51.1 Å². The van der Waals surface area contributed by atoms with Crippen molar-refractivity contribution < 1.29 is 10.3 Å². The van der Waals surface area contributed by atoms with Gasteiger partial charge in [0.1, 0.15) is 6.29 Å². The standard InChI is InChI=1S/C8H10.C4H11N.C2H4O.H2O/c1-2-8-6-4-3-5-7-8;1-3-5-4-2;1-2-3;/h3-7H,2H2,1H3;5H,3-4H2,1-2H3;2H,1H3;1H2. The van der Waals surface area contributed by atoms with Crippen LogP contribution in [0.25, 0.3) is 0 Å². The number of nitrogens with one attached hydrogen (secondary N) is 1. The Kier molecular flexibility index (Phi) is 25.2. The maximum Gasteiger partial charge on any atom is 0.116 e. The van der Waals surface area contributed by atoms with E-state index in [1.54, 1.807) is 0 Å². The monoisotopic (exact) mass is 241 g/mol. The number of aryl methyl sites for hydroxylation is 1. The third-order valence-corrected chi connectivity index (χ3v) is 1.75. The first-order chi connectivity index (χ1) is 7.76. The van der Waals surface area contributed by atoms with E-state index in [4.69, 9.17) is 4.79 Å². The zero-order valence-electron chi connectivity index (χ0n) is 11.5. The van der Waals surface area contributed by atoms with Crippen LogP contribution in [-0.4, -0.2) is 24.9 Å². The predicted octanol–water partition coefficient (Wildman–Crippen LogP) is 2.25. The van der Waals surface area contributed by atoms with E-state index < -0.39 is 0 Å². The van der Waals surface area contributed by atoms with E-state index in [9.17, 15) is 0 Å². The van der Waals surface area contributed by atoms with Gasteiger partial charge in [-0.2, -0.15) is 0 Å². The second-order valence-electron chi connectivity index (χ2n) is 3.03. The Bertz CT molecular complexity index is 223. The van der Waals surface area contributed by atoms with Crippen LogP contribution in [0.4, 0.5) is 0 Å². The first-order valence-corrected chi connectivity index (χ1v) is 5.91. The minimum Gasteiger partial charge on any atom is -0.412 e. The fraction of sp³-hybridized carbons (Fsp3) is 0.500. The molecule has 0 spiro atoms. The van der Waals surface area contributed by atoms with Gasteiger partial charge >= 0.3 is 0 Å². The van der Waals surface area contributed by atoms with Crippen molar-refractivity contribution in [2.75, 3.05) is 13.1 Å². The quantitative estimate of drug-likeness (QED) is 0.825. The predicted molar refractivity (Wildman–Crippen MR) is 75.4 cm³/mol.